The molecule has 1 rings (SSSR count). The van der Waals surface area contributed by atoms with E-state index in [4.69, 9.17) is 9.47 Å². The van der Waals surface area contributed by atoms with Gasteiger partial charge in [-0.3, -0.25) is 5.32 Å². The zero-order chi connectivity index (χ0) is 12.7. The van der Waals surface area contributed by atoms with Crippen LogP contribution in [0.1, 0.15) is 11.6 Å². The van der Waals surface area contributed by atoms with Crippen molar-refractivity contribution in [3.8, 4) is 5.75 Å². The van der Waals surface area contributed by atoms with E-state index in [1.54, 1.807) is 25.3 Å². The van der Waals surface area contributed by atoms with Gasteiger partial charge in [0.1, 0.15) is 11.8 Å². The van der Waals surface area contributed by atoms with E-state index in [0.717, 1.165) is 0 Å². The summed E-state index contributed by atoms with van der Waals surface area (Å²) in [6, 6.07) is 5.97. The van der Waals surface area contributed by atoms with Crippen molar-refractivity contribution in [1.82, 2.24) is 5.32 Å². The van der Waals surface area contributed by atoms with E-state index in [1.165, 1.54) is 13.2 Å². The third kappa shape index (κ3) is 3.72. The topological polar surface area (TPSA) is 67.8 Å². The van der Waals surface area contributed by atoms with E-state index in [-0.39, 0.29) is 5.75 Å². The van der Waals surface area contributed by atoms with Crippen LogP contribution in [-0.2, 0) is 14.3 Å². The highest BCUT2D eigenvalue weighted by Crippen LogP contribution is 2.24. The van der Waals surface area contributed by atoms with Gasteiger partial charge in [0.25, 0.3) is 0 Å². The molecule has 1 atom stereocenters. The molecule has 0 fully saturated rings. The largest absolute Gasteiger partial charge is 0.508 e. The quantitative estimate of drug-likeness (QED) is 0.569. The molecule has 17 heavy (non-hydrogen) atoms. The maximum Gasteiger partial charge on any atom is 0.327 e. The number of carbonyl (C=O) groups excluding carboxylic acids is 1. The lowest BCUT2D eigenvalue weighted by atomic mass is 10.1. The van der Waals surface area contributed by atoms with Crippen LogP contribution >= 0.6 is 0 Å². The minimum Gasteiger partial charge on any atom is -0.508 e. The number of para-hydroxylation sites is 1. The monoisotopic (exact) mass is 239 g/mol. The molecule has 0 amide bonds. The number of rotatable bonds is 6. The van der Waals surface area contributed by atoms with Gasteiger partial charge in [-0.2, -0.15) is 0 Å². The number of carbonyl (C=O) groups is 1. The third-order valence-corrected chi connectivity index (χ3v) is 2.34. The smallest absolute Gasteiger partial charge is 0.327 e. The number of phenolic OH excluding ortho intramolecular Hbond substituents is 1. The first kappa shape index (κ1) is 13.5. The first-order valence-electron chi connectivity index (χ1n) is 5.28. The molecule has 1 aromatic rings. The van der Waals surface area contributed by atoms with Gasteiger partial charge >= 0.3 is 5.97 Å². The zero-order valence-electron chi connectivity index (χ0n) is 9.97. The van der Waals surface area contributed by atoms with E-state index < -0.39 is 12.0 Å². The molecule has 0 spiro atoms. The summed E-state index contributed by atoms with van der Waals surface area (Å²) in [6.45, 7) is 0.964. The van der Waals surface area contributed by atoms with Gasteiger partial charge in [0.05, 0.1) is 13.7 Å². The lowest BCUT2D eigenvalue weighted by Crippen LogP contribution is -2.32. The molecule has 0 saturated heterocycles. The van der Waals surface area contributed by atoms with Crippen molar-refractivity contribution in [2.75, 3.05) is 27.4 Å². The molecule has 1 unspecified atom stereocenters. The van der Waals surface area contributed by atoms with Crippen LogP contribution < -0.4 is 5.32 Å². The number of nitrogens with one attached hydrogen (secondary N) is 1. The van der Waals surface area contributed by atoms with E-state index in [9.17, 15) is 9.90 Å². The summed E-state index contributed by atoms with van der Waals surface area (Å²) in [7, 11) is 2.89. The molecule has 1 aromatic carbocycles. The molecule has 0 bridgehead atoms. The summed E-state index contributed by atoms with van der Waals surface area (Å²) in [6.07, 6.45) is 0. The van der Waals surface area contributed by atoms with Crippen molar-refractivity contribution in [3.63, 3.8) is 0 Å². The average Bonchev–Trinajstić information content (AvgIpc) is 2.35. The predicted octanol–water partition coefficient (Wildman–Crippen LogP) is 0.842. The van der Waals surface area contributed by atoms with Gasteiger partial charge in [0, 0.05) is 19.2 Å². The van der Waals surface area contributed by atoms with E-state index in [0.29, 0.717) is 18.7 Å². The molecule has 0 aliphatic carbocycles. The van der Waals surface area contributed by atoms with Crippen LogP contribution in [-0.4, -0.2) is 38.4 Å². The third-order valence-electron chi connectivity index (χ3n) is 2.34. The Balaban J connectivity index is 2.82. The molecule has 5 heteroatoms. The van der Waals surface area contributed by atoms with E-state index >= 15 is 0 Å². The van der Waals surface area contributed by atoms with Gasteiger partial charge in [-0.05, 0) is 6.07 Å². The Labute approximate surface area is 100 Å². The summed E-state index contributed by atoms with van der Waals surface area (Å²) in [5, 5.41) is 12.7. The van der Waals surface area contributed by atoms with Crippen LogP contribution in [0.4, 0.5) is 0 Å². The number of esters is 1. The number of methoxy groups -OCH3 is 2. The zero-order valence-corrected chi connectivity index (χ0v) is 9.97. The second-order valence-electron chi connectivity index (χ2n) is 3.46. The molecule has 0 aromatic heterocycles. The molecule has 0 aliphatic rings. The molecule has 0 radical (unpaired) electrons. The Morgan fingerprint density at radius 3 is 2.71 bits per heavy atom. The summed E-state index contributed by atoms with van der Waals surface area (Å²) in [4.78, 5) is 11.6. The van der Waals surface area contributed by atoms with Crippen LogP contribution in [0.3, 0.4) is 0 Å². The highest BCUT2D eigenvalue weighted by molar-refractivity contribution is 5.78. The fraction of sp³-hybridized carbons (Fsp3) is 0.417. The number of hydrogen-bond acceptors (Lipinski definition) is 5. The van der Waals surface area contributed by atoms with Crippen LogP contribution in [0.15, 0.2) is 24.3 Å². The van der Waals surface area contributed by atoms with Gasteiger partial charge in [0.2, 0.25) is 0 Å². The number of benzene rings is 1. The molecular weight excluding hydrogens is 222 g/mol. The average molecular weight is 239 g/mol. The molecule has 0 aliphatic heterocycles. The maximum absolute atomic E-state index is 11.6. The van der Waals surface area contributed by atoms with Crippen molar-refractivity contribution < 1.29 is 19.4 Å². The lowest BCUT2D eigenvalue weighted by molar-refractivity contribution is -0.143. The minimum absolute atomic E-state index is 0.0628. The normalized spacial score (nSPS) is 12.1. The lowest BCUT2D eigenvalue weighted by Gasteiger charge is -2.17. The van der Waals surface area contributed by atoms with Gasteiger partial charge in [-0.1, -0.05) is 18.2 Å². The minimum atomic E-state index is -0.684. The fourth-order valence-electron chi connectivity index (χ4n) is 1.48. The van der Waals surface area contributed by atoms with E-state index in [1.807, 2.05) is 0 Å². The Kier molecular flexibility index (Phi) is 5.45. The Morgan fingerprint density at radius 1 is 1.41 bits per heavy atom. The summed E-state index contributed by atoms with van der Waals surface area (Å²) in [5.74, 6) is -0.379. The van der Waals surface area contributed by atoms with Crippen LogP contribution in [0.5, 0.6) is 5.75 Å². The van der Waals surface area contributed by atoms with Crippen molar-refractivity contribution in [2.45, 2.75) is 6.04 Å². The number of hydrogen-bond donors (Lipinski definition) is 2. The van der Waals surface area contributed by atoms with Crippen LogP contribution in [0, 0.1) is 0 Å². The second-order valence-corrected chi connectivity index (χ2v) is 3.46. The molecule has 0 saturated carbocycles. The molecule has 0 heterocycles. The Hall–Kier alpha value is -1.59. The van der Waals surface area contributed by atoms with E-state index in [2.05, 4.69) is 5.32 Å². The fourth-order valence-corrected chi connectivity index (χ4v) is 1.48. The van der Waals surface area contributed by atoms with Gasteiger partial charge in [0.15, 0.2) is 0 Å². The number of ether oxygens (including phenoxy) is 2. The second kappa shape index (κ2) is 6.88. The highest BCUT2D eigenvalue weighted by Gasteiger charge is 2.23. The molecular formula is C12H17NO4. The summed E-state index contributed by atoms with van der Waals surface area (Å²) < 4.78 is 9.59. The van der Waals surface area contributed by atoms with Crippen molar-refractivity contribution in [3.05, 3.63) is 29.8 Å². The number of phenols is 1. The SMILES string of the molecule is COCCNC(C(=O)OC)c1ccccc1O. The van der Waals surface area contributed by atoms with Crippen LogP contribution in [0.25, 0.3) is 0 Å². The Bertz CT molecular complexity index is 367. The maximum atomic E-state index is 11.6. The van der Waals surface area contributed by atoms with Crippen molar-refractivity contribution >= 4 is 5.97 Å². The summed E-state index contributed by atoms with van der Waals surface area (Å²) >= 11 is 0. The van der Waals surface area contributed by atoms with Crippen molar-refractivity contribution in [2.24, 2.45) is 0 Å². The van der Waals surface area contributed by atoms with Gasteiger partial charge in [-0.25, -0.2) is 4.79 Å². The first-order chi connectivity index (χ1) is 8.20. The highest BCUT2D eigenvalue weighted by atomic mass is 16.5. The Morgan fingerprint density at radius 2 is 2.12 bits per heavy atom. The van der Waals surface area contributed by atoms with Crippen molar-refractivity contribution in [1.29, 1.82) is 0 Å². The molecule has 94 valence electrons. The predicted molar refractivity (Wildman–Crippen MR) is 62.7 cm³/mol. The first-order valence-corrected chi connectivity index (χ1v) is 5.28. The standard InChI is InChI=1S/C12H17NO4/c1-16-8-7-13-11(12(15)17-2)9-5-3-4-6-10(9)14/h3-6,11,13-14H,7-8H2,1-2H3. The number of aromatic hydroxyl groups is 1. The van der Waals surface area contributed by atoms with Crippen LogP contribution in [0.2, 0.25) is 0 Å². The molecule has 5 nitrogen and oxygen atoms in total. The van der Waals surface area contributed by atoms with Gasteiger partial charge < -0.3 is 14.6 Å². The summed E-state index contributed by atoms with van der Waals surface area (Å²) in [5.41, 5.74) is 0.496. The van der Waals surface area contributed by atoms with Gasteiger partial charge in [-0.15, -0.1) is 0 Å². The molecule has 2 N–H and O–H groups in total.